The van der Waals surface area contributed by atoms with Crippen molar-refractivity contribution in [3.63, 3.8) is 0 Å². The lowest BCUT2D eigenvalue weighted by molar-refractivity contribution is 0.0690. The average molecular weight is 332 g/mol. The molecule has 8 heteroatoms. The first-order chi connectivity index (χ1) is 9.69. The molecular weight excluding hydrogens is 312 g/mol. The lowest BCUT2D eigenvalue weighted by Gasteiger charge is -2.10. The zero-order chi connectivity index (χ0) is 16.2. The molecule has 0 radical (unpaired) electrons. The SMILES string of the molecule is CCc1nc(C)c(C(=O)O)c(SCCS(=O)(=O)C(C)C)n1. The number of hydrogen-bond acceptors (Lipinski definition) is 6. The van der Waals surface area contributed by atoms with Crippen molar-refractivity contribution in [1.29, 1.82) is 0 Å². The van der Waals surface area contributed by atoms with Gasteiger partial charge in [-0.1, -0.05) is 6.92 Å². The first-order valence-electron chi connectivity index (χ1n) is 6.64. The van der Waals surface area contributed by atoms with Crippen molar-refractivity contribution in [3.05, 3.63) is 17.1 Å². The van der Waals surface area contributed by atoms with Crippen molar-refractivity contribution in [2.45, 2.75) is 44.4 Å². The molecule has 0 atom stereocenters. The fourth-order valence-electron chi connectivity index (χ4n) is 1.60. The smallest absolute Gasteiger partial charge is 0.340 e. The largest absolute Gasteiger partial charge is 0.478 e. The highest BCUT2D eigenvalue weighted by Gasteiger charge is 2.20. The van der Waals surface area contributed by atoms with Gasteiger partial charge in [-0.3, -0.25) is 0 Å². The van der Waals surface area contributed by atoms with Crippen molar-refractivity contribution in [3.8, 4) is 0 Å². The van der Waals surface area contributed by atoms with Gasteiger partial charge in [-0.25, -0.2) is 23.2 Å². The van der Waals surface area contributed by atoms with Crippen LogP contribution in [0.1, 0.15) is 42.6 Å². The van der Waals surface area contributed by atoms with Gasteiger partial charge >= 0.3 is 5.97 Å². The molecule has 1 heterocycles. The Labute approximate surface area is 129 Å². The van der Waals surface area contributed by atoms with Crippen LogP contribution >= 0.6 is 11.8 Å². The van der Waals surface area contributed by atoms with Crippen molar-refractivity contribution in [2.24, 2.45) is 0 Å². The van der Waals surface area contributed by atoms with E-state index in [0.29, 0.717) is 23.0 Å². The lowest BCUT2D eigenvalue weighted by atomic mass is 10.2. The summed E-state index contributed by atoms with van der Waals surface area (Å²) in [7, 11) is -3.14. The van der Waals surface area contributed by atoms with E-state index in [1.165, 1.54) is 0 Å². The average Bonchev–Trinajstić information content (AvgIpc) is 2.37. The van der Waals surface area contributed by atoms with E-state index in [1.54, 1.807) is 20.8 Å². The van der Waals surface area contributed by atoms with E-state index in [9.17, 15) is 18.3 Å². The van der Waals surface area contributed by atoms with Crippen LogP contribution in [-0.4, -0.2) is 46.2 Å². The van der Waals surface area contributed by atoms with Crippen molar-refractivity contribution in [1.82, 2.24) is 9.97 Å². The molecule has 0 saturated heterocycles. The maximum Gasteiger partial charge on any atom is 0.340 e. The fraction of sp³-hybridized carbons (Fsp3) is 0.615. The van der Waals surface area contributed by atoms with Crippen LogP contribution in [0.3, 0.4) is 0 Å². The summed E-state index contributed by atoms with van der Waals surface area (Å²) in [6.45, 7) is 6.77. The number of aromatic nitrogens is 2. The van der Waals surface area contributed by atoms with Gasteiger partial charge in [0.15, 0.2) is 9.84 Å². The van der Waals surface area contributed by atoms with Crippen LogP contribution in [0.25, 0.3) is 0 Å². The number of carboxylic acid groups (broad SMARTS) is 1. The summed E-state index contributed by atoms with van der Waals surface area (Å²) in [6.07, 6.45) is 0.596. The predicted octanol–water partition coefficient (Wildman–Crippen LogP) is 1.96. The molecule has 1 aromatic rings. The molecule has 0 aliphatic rings. The number of rotatable bonds is 7. The number of carboxylic acids is 1. The van der Waals surface area contributed by atoms with Crippen LogP contribution in [0.4, 0.5) is 0 Å². The normalized spacial score (nSPS) is 11.9. The Hall–Kier alpha value is -1.15. The zero-order valence-corrected chi connectivity index (χ0v) is 14.2. The van der Waals surface area contributed by atoms with Gasteiger partial charge < -0.3 is 5.11 Å². The second-order valence-electron chi connectivity index (χ2n) is 4.83. The van der Waals surface area contributed by atoms with Crippen LogP contribution in [0.15, 0.2) is 5.03 Å². The van der Waals surface area contributed by atoms with Crippen molar-refractivity contribution < 1.29 is 18.3 Å². The number of nitrogens with zero attached hydrogens (tertiary/aromatic N) is 2. The second kappa shape index (κ2) is 7.22. The molecular formula is C13H20N2O4S2. The highest BCUT2D eigenvalue weighted by Crippen LogP contribution is 2.23. The maximum atomic E-state index is 11.8. The Morgan fingerprint density at radius 1 is 1.33 bits per heavy atom. The van der Waals surface area contributed by atoms with Gasteiger partial charge in [-0.2, -0.15) is 0 Å². The quantitative estimate of drug-likeness (QED) is 0.602. The molecule has 0 fully saturated rings. The summed E-state index contributed by atoms with van der Waals surface area (Å²) in [5.74, 6) is -0.254. The minimum Gasteiger partial charge on any atom is -0.478 e. The third-order valence-electron chi connectivity index (χ3n) is 2.96. The number of aryl methyl sites for hydroxylation is 2. The van der Waals surface area contributed by atoms with Crippen molar-refractivity contribution >= 4 is 27.6 Å². The third kappa shape index (κ3) is 4.67. The van der Waals surface area contributed by atoms with Gasteiger partial charge in [-0.05, 0) is 20.8 Å². The van der Waals surface area contributed by atoms with Crippen LogP contribution < -0.4 is 0 Å². The molecule has 0 spiro atoms. The number of carbonyl (C=O) groups is 1. The Balaban J connectivity index is 2.97. The second-order valence-corrected chi connectivity index (χ2v) is 8.59. The van der Waals surface area contributed by atoms with Crippen LogP contribution in [0.5, 0.6) is 0 Å². The fourth-order valence-corrected chi connectivity index (χ4v) is 4.08. The Bertz CT molecular complexity index is 627. The van der Waals surface area contributed by atoms with Gasteiger partial charge in [0.05, 0.1) is 16.7 Å². The standard InChI is InChI=1S/C13H20N2O4S2/c1-5-10-14-9(4)11(13(16)17)12(15-10)20-6-7-21(18,19)8(2)3/h8H,5-7H2,1-4H3,(H,16,17). The number of sulfone groups is 1. The summed E-state index contributed by atoms with van der Waals surface area (Å²) >= 11 is 1.15. The van der Waals surface area contributed by atoms with E-state index in [2.05, 4.69) is 9.97 Å². The highest BCUT2D eigenvalue weighted by atomic mass is 32.2. The molecule has 118 valence electrons. The number of thioether (sulfide) groups is 1. The monoisotopic (exact) mass is 332 g/mol. The zero-order valence-electron chi connectivity index (χ0n) is 12.6. The van der Waals surface area contributed by atoms with Crippen molar-refractivity contribution in [2.75, 3.05) is 11.5 Å². The molecule has 0 unspecified atom stereocenters. The van der Waals surface area contributed by atoms with Crippen LogP contribution in [0.2, 0.25) is 0 Å². The Morgan fingerprint density at radius 3 is 2.43 bits per heavy atom. The Morgan fingerprint density at radius 2 is 1.95 bits per heavy atom. The molecule has 0 aliphatic heterocycles. The van der Waals surface area contributed by atoms with E-state index < -0.39 is 21.1 Å². The molecule has 0 saturated carbocycles. The molecule has 1 rings (SSSR count). The maximum absolute atomic E-state index is 11.8. The number of aromatic carboxylic acids is 1. The molecule has 0 aliphatic carbocycles. The third-order valence-corrected chi connectivity index (χ3v) is 6.40. The van der Waals surface area contributed by atoms with E-state index in [4.69, 9.17) is 0 Å². The first kappa shape index (κ1) is 17.9. The molecule has 21 heavy (non-hydrogen) atoms. The molecule has 0 amide bonds. The number of hydrogen-bond donors (Lipinski definition) is 1. The molecule has 6 nitrogen and oxygen atoms in total. The lowest BCUT2D eigenvalue weighted by Crippen LogP contribution is -2.19. The molecule has 1 N–H and O–H groups in total. The highest BCUT2D eigenvalue weighted by molar-refractivity contribution is 8.00. The summed E-state index contributed by atoms with van der Waals surface area (Å²) in [4.78, 5) is 19.6. The minimum atomic E-state index is -3.14. The minimum absolute atomic E-state index is 0.00109. The summed E-state index contributed by atoms with van der Waals surface area (Å²) in [5.41, 5.74) is 0.461. The van der Waals surface area contributed by atoms with E-state index in [1.807, 2.05) is 6.92 Å². The molecule has 1 aromatic heterocycles. The van der Waals surface area contributed by atoms with Gasteiger partial charge in [0.2, 0.25) is 0 Å². The van der Waals surface area contributed by atoms with Crippen LogP contribution in [-0.2, 0) is 16.3 Å². The van der Waals surface area contributed by atoms with E-state index in [-0.39, 0.29) is 17.1 Å². The summed E-state index contributed by atoms with van der Waals surface area (Å²) in [6, 6.07) is 0. The molecule has 0 bridgehead atoms. The first-order valence-corrected chi connectivity index (χ1v) is 9.34. The predicted molar refractivity (Wildman–Crippen MR) is 82.8 cm³/mol. The Kier molecular flexibility index (Phi) is 6.15. The van der Waals surface area contributed by atoms with Gasteiger partial charge in [-0.15, -0.1) is 11.8 Å². The van der Waals surface area contributed by atoms with Gasteiger partial charge in [0.25, 0.3) is 0 Å². The van der Waals surface area contributed by atoms with Gasteiger partial charge in [0.1, 0.15) is 16.4 Å². The van der Waals surface area contributed by atoms with Gasteiger partial charge in [0, 0.05) is 12.2 Å². The summed E-state index contributed by atoms with van der Waals surface area (Å²) < 4.78 is 23.5. The van der Waals surface area contributed by atoms with Crippen LogP contribution in [0, 0.1) is 6.92 Å². The topological polar surface area (TPSA) is 97.2 Å². The van der Waals surface area contributed by atoms with E-state index in [0.717, 1.165) is 11.8 Å². The van der Waals surface area contributed by atoms with E-state index >= 15 is 0 Å². The molecule has 0 aromatic carbocycles. The summed E-state index contributed by atoms with van der Waals surface area (Å²) in [5, 5.41) is 9.15.